The zero-order valence-electron chi connectivity index (χ0n) is 10.8. The molecule has 0 unspecified atom stereocenters. The van der Waals surface area contributed by atoms with Crippen LogP contribution in [0.1, 0.15) is 5.56 Å². The van der Waals surface area contributed by atoms with Crippen molar-refractivity contribution in [3.8, 4) is 5.88 Å². The Morgan fingerprint density at radius 3 is 2.57 bits per heavy atom. The SMILES string of the molecule is O=Nc1c(O)n(Cc2ccc(F)cc2)c2ccc(Cl)cc12. The van der Waals surface area contributed by atoms with Crippen molar-refractivity contribution in [2.75, 3.05) is 0 Å². The van der Waals surface area contributed by atoms with E-state index in [9.17, 15) is 14.4 Å². The number of halogens is 2. The van der Waals surface area contributed by atoms with Crippen molar-refractivity contribution in [3.63, 3.8) is 0 Å². The first kappa shape index (κ1) is 13.6. The van der Waals surface area contributed by atoms with Crippen LogP contribution in [0.4, 0.5) is 10.1 Å². The molecule has 3 rings (SSSR count). The van der Waals surface area contributed by atoms with Crippen LogP contribution in [0, 0.1) is 10.7 Å². The molecule has 2 aromatic carbocycles. The summed E-state index contributed by atoms with van der Waals surface area (Å²) in [4.78, 5) is 10.9. The van der Waals surface area contributed by atoms with Gasteiger partial charge in [0.2, 0.25) is 5.88 Å². The maximum Gasteiger partial charge on any atom is 0.222 e. The third-order valence-corrected chi connectivity index (χ3v) is 3.55. The van der Waals surface area contributed by atoms with Crippen molar-refractivity contribution in [1.82, 2.24) is 4.57 Å². The molecule has 4 nitrogen and oxygen atoms in total. The van der Waals surface area contributed by atoms with Crippen LogP contribution in [0.25, 0.3) is 10.9 Å². The number of hydrogen-bond acceptors (Lipinski definition) is 3. The van der Waals surface area contributed by atoms with Crippen LogP contribution < -0.4 is 0 Å². The fourth-order valence-corrected chi connectivity index (χ4v) is 2.49. The summed E-state index contributed by atoms with van der Waals surface area (Å²) in [6.07, 6.45) is 0. The molecule has 0 aliphatic heterocycles. The van der Waals surface area contributed by atoms with Gasteiger partial charge in [0.1, 0.15) is 5.82 Å². The highest BCUT2D eigenvalue weighted by Gasteiger charge is 2.17. The Bertz CT molecular complexity index is 828. The zero-order chi connectivity index (χ0) is 15.0. The van der Waals surface area contributed by atoms with Crippen molar-refractivity contribution >= 4 is 28.2 Å². The third kappa shape index (κ3) is 2.36. The summed E-state index contributed by atoms with van der Waals surface area (Å²) >= 11 is 5.91. The van der Waals surface area contributed by atoms with Crippen molar-refractivity contribution in [3.05, 3.63) is 63.8 Å². The maximum absolute atomic E-state index is 12.9. The number of rotatable bonds is 3. The Morgan fingerprint density at radius 2 is 1.90 bits per heavy atom. The molecule has 0 amide bonds. The molecule has 6 heteroatoms. The molecule has 0 saturated heterocycles. The first-order valence-electron chi connectivity index (χ1n) is 6.18. The molecule has 0 aliphatic carbocycles. The third-order valence-electron chi connectivity index (χ3n) is 3.32. The monoisotopic (exact) mass is 304 g/mol. The average Bonchev–Trinajstić information content (AvgIpc) is 2.73. The lowest BCUT2D eigenvalue weighted by Gasteiger charge is -2.07. The number of aromatic hydroxyl groups is 1. The van der Waals surface area contributed by atoms with Crippen molar-refractivity contribution in [1.29, 1.82) is 0 Å². The number of nitrogens with zero attached hydrogens (tertiary/aromatic N) is 2. The van der Waals surface area contributed by atoms with E-state index in [1.165, 1.54) is 16.7 Å². The van der Waals surface area contributed by atoms with Crippen LogP contribution in [0.2, 0.25) is 5.02 Å². The van der Waals surface area contributed by atoms with Gasteiger partial charge in [-0.05, 0) is 41.1 Å². The Kier molecular flexibility index (Phi) is 3.35. The molecule has 1 N–H and O–H groups in total. The highest BCUT2D eigenvalue weighted by Crippen LogP contribution is 2.39. The lowest BCUT2D eigenvalue weighted by Crippen LogP contribution is -1.98. The summed E-state index contributed by atoms with van der Waals surface area (Å²) < 4.78 is 14.5. The molecule has 0 bridgehead atoms. The van der Waals surface area contributed by atoms with E-state index >= 15 is 0 Å². The number of fused-ring (bicyclic) bond motifs is 1. The van der Waals surface area contributed by atoms with Gasteiger partial charge in [-0.1, -0.05) is 23.7 Å². The predicted octanol–water partition coefficient (Wildman–Crippen LogP) is 4.59. The van der Waals surface area contributed by atoms with Gasteiger partial charge in [0, 0.05) is 10.4 Å². The maximum atomic E-state index is 12.9. The number of hydrogen-bond donors (Lipinski definition) is 1. The fourth-order valence-electron chi connectivity index (χ4n) is 2.32. The van der Waals surface area contributed by atoms with E-state index < -0.39 is 0 Å². The van der Waals surface area contributed by atoms with E-state index in [1.807, 2.05) is 0 Å². The van der Waals surface area contributed by atoms with Gasteiger partial charge in [-0.25, -0.2) is 4.39 Å². The predicted molar refractivity (Wildman–Crippen MR) is 79.6 cm³/mol. The van der Waals surface area contributed by atoms with Gasteiger partial charge >= 0.3 is 0 Å². The number of aromatic nitrogens is 1. The molecule has 0 spiro atoms. The van der Waals surface area contributed by atoms with E-state index in [2.05, 4.69) is 5.18 Å². The fraction of sp³-hybridized carbons (Fsp3) is 0.0667. The summed E-state index contributed by atoms with van der Waals surface area (Å²) in [6.45, 7) is 0.291. The Morgan fingerprint density at radius 1 is 1.19 bits per heavy atom. The molecule has 3 aromatic rings. The van der Waals surface area contributed by atoms with Crippen LogP contribution in [-0.4, -0.2) is 9.67 Å². The second kappa shape index (κ2) is 5.18. The molecule has 0 radical (unpaired) electrons. The second-order valence-corrected chi connectivity index (χ2v) is 5.07. The quantitative estimate of drug-likeness (QED) is 0.720. The summed E-state index contributed by atoms with van der Waals surface area (Å²) in [5.74, 6) is -0.561. The molecular weight excluding hydrogens is 295 g/mol. The molecule has 0 atom stereocenters. The topological polar surface area (TPSA) is 54.6 Å². The van der Waals surface area contributed by atoms with Crippen LogP contribution in [0.5, 0.6) is 5.88 Å². The van der Waals surface area contributed by atoms with Crippen molar-refractivity contribution < 1.29 is 9.50 Å². The van der Waals surface area contributed by atoms with Gasteiger partial charge in [-0.15, -0.1) is 4.91 Å². The summed E-state index contributed by atoms with van der Waals surface area (Å²) in [6, 6.07) is 10.9. The molecule has 0 saturated carbocycles. The van der Waals surface area contributed by atoms with Gasteiger partial charge < -0.3 is 9.67 Å². The summed E-state index contributed by atoms with van der Waals surface area (Å²) in [7, 11) is 0. The van der Waals surface area contributed by atoms with Gasteiger partial charge in [0.25, 0.3) is 0 Å². The Labute approximate surface area is 124 Å². The molecule has 21 heavy (non-hydrogen) atoms. The largest absolute Gasteiger partial charge is 0.493 e. The van der Waals surface area contributed by atoms with Crippen LogP contribution in [-0.2, 0) is 6.54 Å². The van der Waals surface area contributed by atoms with Crippen LogP contribution in [0.15, 0.2) is 47.6 Å². The van der Waals surface area contributed by atoms with Gasteiger partial charge in [0.05, 0.1) is 12.1 Å². The van der Waals surface area contributed by atoms with Crippen LogP contribution >= 0.6 is 11.6 Å². The van der Waals surface area contributed by atoms with E-state index in [0.717, 1.165) is 5.56 Å². The average molecular weight is 305 g/mol. The Balaban J connectivity index is 2.15. The highest BCUT2D eigenvalue weighted by atomic mass is 35.5. The van der Waals surface area contributed by atoms with Gasteiger partial charge in [-0.3, -0.25) is 0 Å². The van der Waals surface area contributed by atoms with Gasteiger partial charge in [0.15, 0.2) is 5.69 Å². The van der Waals surface area contributed by atoms with E-state index in [1.54, 1.807) is 30.3 Å². The smallest absolute Gasteiger partial charge is 0.222 e. The first-order valence-corrected chi connectivity index (χ1v) is 6.56. The summed E-state index contributed by atoms with van der Waals surface area (Å²) in [5, 5.41) is 14.0. The number of nitroso groups, excluding NO2 is 1. The normalized spacial score (nSPS) is 11.0. The standard InChI is InChI=1S/C15H10ClFN2O2/c16-10-3-6-13-12(7-10)14(18-21)15(20)19(13)8-9-1-4-11(17)5-2-9/h1-7,20H,8H2. The second-order valence-electron chi connectivity index (χ2n) is 4.64. The number of benzene rings is 2. The minimum atomic E-state index is -0.331. The van der Waals surface area contributed by atoms with Crippen molar-refractivity contribution in [2.45, 2.75) is 6.54 Å². The van der Waals surface area contributed by atoms with E-state index in [4.69, 9.17) is 11.6 Å². The van der Waals surface area contributed by atoms with Gasteiger partial charge in [-0.2, -0.15) is 0 Å². The molecule has 1 aromatic heterocycles. The molecule has 106 valence electrons. The van der Waals surface area contributed by atoms with Crippen LogP contribution in [0.3, 0.4) is 0 Å². The minimum Gasteiger partial charge on any atom is -0.493 e. The lowest BCUT2D eigenvalue weighted by atomic mass is 10.2. The first-order chi connectivity index (χ1) is 10.1. The highest BCUT2D eigenvalue weighted by molar-refractivity contribution is 6.31. The molecule has 0 fully saturated rings. The van der Waals surface area contributed by atoms with E-state index in [-0.39, 0.29) is 17.4 Å². The summed E-state index contributed by atoms with van der Waals surface area (Å²) in [5.41, 5.74) is 1.38. The zero-order valence-corrected chi connectivity index (χ0v) is 11.5. The molecule has 0 aliphatic rings. The Hall–Kier alpha value is -2.40. The molecular formula is C15H10ClFN2O2. The lowest BCUT2D eigenvalue weighted by molar-refractivity contribution is 0.430. The van der Waals surface area contributed by atoms with E-state index in [0.29, 0.717) is 22.5 Å². The molecule has 1 heterocycles. The minimum absolute atomic E-state index is 0.0467. The van der Waals surface area contributed by atoms with Crippen molar-refractivity contribution in [2.24, 2.45) is 5.18 Å².